The predicted molar refractivity (Wildman–Crippen MR) is 124 cm³/mol. The number of anilines is 1. The summed E-state index contributed by atoms with van der Waals surface area (Å²) < 4.78 is 26.9. The summed E-state index contributed by atoms with van der Waals surface area (Å²) >= 11 is 5.21. The van der Waals surface area contributed by atoms with E-state index in [0.717, 1.165) is 5.69 Å². The van der Waals surface area contributed by atoms with Gasteiger partial charge in [-0.25, -0.2) is 0 Å². The maximum atomic E-state index is 11.5. The van der Waals surface area contributed by atoms with Gasteiger partial charge in [0.2, 0.25) is 0 Å². The van der Waals surface area contributed by atoms with Crippen LogP contribution in [-0.2, 0) is 28.5 Å². The lowest BCUT2D eigenvalue weighted by Gasteiger charge is -2.19. The summed E-state index contributed by atoms with van der Waals surface area (Å²) in [6.45, 7) is 9.88. The molecule has 0 spiro atoms. The van der Waals surface area contributed by atoms with E-state index in [0.29, 0.717) is 64.5 Å². The number of para-hydroxylation sites is 1. The molecule has 0 radical (unpaired) electrons. The third-order valence-corrected chi connectivity index (χ3v) is 3.80. The smallest absolute Gasteiger partial charge is 0.308 e. The van der Waals surface area contributed by atoms with Crippen molar-refractivity contribution in [3.05, 3.63) is 30.3 Å². The third kappa shape index (κ3) is 17.6. The van der Waals surface area contributed by atoms with Gasteiger partial charge in [0.15, 0.2) is 5.11 Å². The van der Waals surface area contributed by atoms with Crippen LogP contribution in [0.25, 0.3) is 0 Å². The Morgan fingerprint density at radius 1 is 0.839 bits per heavy atom. The zero-order chi connectivity index (χ0) is 22.8. The molecule has 0 saturated heterocycles. The van der Waals surface area contributed by atoms with Crippen molar-refractivity contribution >= 4 is 29.0 Å². The van der Waals surface area contributed by atoms with Crippen molar-refractivity contribution in [1.29, 1.82) is 0 Å². The summed E-state index contributed by atoms with van der Waals surface area (Å²) in [6, 6.07) is 9.75. The lowest BCUT2D eigenvalue weighted by molar-refractivity contribution is -0.156. The summed E-state index contributed by atoms with van der Waals surface area (Å²) in [5, 5.41) is 6.75. The Kier molecular flexibility index (Phi) is 14.8. The van der Waals surface area contributed by atoms with Crippen LogP contribution < -0.4 is 10.6 Å². The SMILES string of the molecule is CC(C)(C)OC(=O)CCOCCOCCOCCOCCNC(=S)Nc1ccccc1. The van der Waals surface area contributed by atoms with Crippen molar-refractivity contribution < 1.29 is 28.5 Å². The number of nitrogens with one attached hydrogen (secondary N) is 2. The normalized spacial score (nSPS) is 11.2. The first kappa shape index (κ1) is 27.3. The van der Waals surface area contributed by atoms with Crippen molar-refractivity contribution in [2.75, 3.05) is 64.7 Å². The van der Waals surface area contributed by atoms with Crippen LogP contribution in [0.2, 0.25) is 0 Å². The van der Waals surface area contributed by atoms with E-state index < -0.39 is 5.60 Å². The Balaban J connectivity index is 1.79. The van der Waals surface area contributed by atoms with E-state index in [1.54, 1.807) is 0 Å². The number of rotatable bonds is 16. The highest BCUT2D eigenvalue weighted by Crippen LogP contribution is 2.08. The fourth-order valence-corrected chi connectivity index (χ4v) is 2.46. The van der Waals surface area contributed by atoms with Gasteiger partial charge >= 0.3 is 5.97 Å². The molecule has 0 aliphatic rings. The van der Waals surface area contributed by atoms with E-state index in [4.69, 9.17) is 35.9 Å². The Morgan fingerprint density at radius 2 is 1.35 bits per heavy atom. The number of hydrogen-bond acceptors (Lipinski definition) is 7. The van der Waals surface area contributed by atoms with Crippen LogP contribution in [0.5, 0.6) is 0 Å². The van der Waals surface area contributed by atoms with Crippen LogP contribution in [0.4, 0.5) is 5.69 Å². The van der Waals surface area contributed by atoms with E-state index in [2.05, 4.69) is 10.6 Å². The Labute approximate surface area is 190 Å². The van der Waals surface area contributed by atoms with E-state index >= 15 is 0 Å². The monoisotopic (exact) mass is 456 g/mol. The molecule has 176 valence electrons. The van der Waals surface area contributed by atoms with E-state index in [9.17, 15) is 4.79 Å². The molecule has 0 bridgehead atoms. The van der Waals surface area contributed by atoms with Crippen molar-refractivity contribution in [2.45, 2.75) is 32.8 Å². The van der Waals surface area contributed by atoms with E-state index in [1.165, 1.54) is 0 Å². The van der Waals surface area contributed by atoms with E-state index in [-0.39, 0.29) is 12.4 Å². The van der Waals surface area contributed by atoms with Gasteiger partial charge in [0.25, 0.3) is 0 Å². The van der Waals surface area contributed by atoms with E-state index in [1.807, 2.05) is 51.1 Å². The number of hydrogen-bond donors (Lipinski definition) is 2. The highest BCUT2D eigenvalue weighted by atomic mass is 32.1. The molecule has 0 fully saturated rings. The first-order valence-corrected chi connectivity index (χ1v) is 10.9. The number of benzene rings is 1. The van der Waals surface area contributed by atoms with Crippen LogP contribution in [0, 0.1) is 0 Å². The second-order valence-corrected chi connectivity index (χ2v) is 7.94. The molecule has 0 heterocycles. The molecule has 1 rings (SSSR count). The largest absolute Gasteiger partial charge is 0.460 e. The molecule has 0 saturated carbocycles. The van der Waals surface area contributed by atoms with Crippen LogP contribution in [0.1, 0.15) is 27.2 Å². The fraction of sp³-hybridized carbons (Fsp3) is 0.636. The van der Waals surface area contributed by atoms with Crippen LogP contribution in [0.3, 0.4) is 0 Å². The van der Waals surface area contributed by atoms with Gasteiger partial charge in [0, 0.05) is 12.2 Å². The quantitative estimate of drug-likeness (QED) is 0.221. The summed E-state index contributed by atoms with van der Waals surface area (Å²) in [5.41, 5.74) is 0.485. The van der Waals surface area contributed by atoms with Crippen LogP contribution >= 0.6 is 12.2 Å². The van der Waals surface area contributed by atoms with Gasteiger partial charge < -0.3 is 34.3 Å². The lowest BCUT2D eigenvalue weighted by atomic mass is 10.2. The second kappa shape index (κ2) is 16.9. The summed E-state index contributed by atoms with van der Waals surface area (Å²) in [5.74, 6) is -0.258. The summed E-state index contributed by atoms with van der Waals surface area (Å²) in [6.07, 6.45) is 0.241. The predicted octanol–water partition coefficient (Wildman–Crippen LogP) is 2.77. The minimum atomic E-state index is -0.463. The highest BCUT2D eigenvalue weighted by Gasteiger charge is 2.15. The second-order valence-electron chi connectivity index (χ2n) is 7.53. The molecule has 0 unspecified atom stereocenters. The molecule has 9 heteroatoms. The molecule has 0 aliphatic heterocycles. The molecular formula is C22H36N2O6S. The van der Waals surface area contributed by atoms with Gasteiger partial charge in [-0.05, 0) is 45.1 Å². The number of esters is 1. The van der Waals surface area contributed by atoms with Gasteiger partial charge in [-0.15, -0.1) is 0 Å². The zero-order valence-electron chi connectivity index (χ0n) is 18.8. The molecule has 0 atom stereocenters. The van der Waals surface area contributed by atoms with Crippen molar-refractivity contribution in [3.8, 4) is 0 Å². The summed E-state index contributed by atoms with van der Waals surface area (Å²) in [7, 11) is 0. The van der Waals surface area contributed by atoms with Crippen molar-refractivity contribution in [1.82, 2.24) is 5.32 Å². The average molecular weight is 457 g/mol. The van der Waals surface area contributed by atoms with Gasteiger partial charge in [-0.1, -0.05) is 18.2 Å². The van der Waals surface area contributed by atoms with Crippen LogP contribution in [-0.4, -0.2) is 76.1 Å². The number of thiocarbonyl (C=S) groups is 1. The molecule has 2 N–H and O–H groups in total. The van der Waals surface area contributed by atoms with Gasteiger partial charge in [-0.3, -0.25) is 4.79 Å². The highest BCUT2D eigenvalue weighted by molar-refractivity contribution is 7.80. The van der Waals surface area contributed by atoms with Crippen molar-refractivity contribution in [2.24, 2.45) is 0 Å². The first-order valence-electron chi connectivity index (χ1n) is 10.5. The minimum Gasteiger partial charge on any atom is -0.460 e. The number of carbonyl (C=O) groups excluding carboxylic acids is 1. The molecule has 31 heavy (non-hydrogen) atoms. The topological polar surface area (TPSA) is 87.3 Å². The Hall–Kier alpha value is -1.78. The Bertz CT molecular complexity index is 610. The minimum absolute atomic E-state index is 0.241. The standard InChI is InChI=1S/C22H36N2O6S/c1-22(2,3)30-20(25)9-11-26-13-15-28-17-18-29-16-14-27-12-10-23-21(31)24-19-7-5-4-6-8-19/h4-8H,9-18H2,1-3H3,(H2,23,24,31). The molecule has 1 aromatic carbocycles. The lowest BCUT2D eigenvalue weighted by Crippen LogP contribution is -2.31. The number of carbonyl (C=O) groups is 1. The van der Waals surface area contributed by atoms with Gasteiger partial charge in [0.05, 0.1) is 59.3 Å². The first-order chi connectivity index (χ1) is 14.9. The number of ether oxygens (including phenoxy) is 5. The third-order valence-electron chi connectivity index (χ3n) is 3.55. The zero-order valence-corrected chi connectivity index (χ0v) is 19.6. The van der Waals surface area contributed by atoms with Crippen molar-refractivity contribution in [3.63, 3.8) is 0 Å². The molecule has 8 nitrogen and oxygen atoms in total. The maximum Gasteiger partial charge on any atom is 0.308 e. The molecule has 1 aromatic rings. The molecule has 0 aliphatic carbocycles. The van der Waals surface area contributed by atoms with Crippen LogP contribution in [0.15, 0.2) is 30.3 Å². The van der Waals surface area contributed by atoms with Gasteiger partial charge in [-0.2, -0.15) is 0 Å². The fourth-order valence-electron chi connectivity index (χ4n) is 2.24. The average Bonchev–Trinajstić information content (AvgIpc) is 2.70. The molecule has 0 aromatic heterocycles. The molecular weight excluding hydrogens is 420 g/mol. The maximum absolute atomic E-state index is 11.5. The van der Waals surface area contributed by atoms with Gasteiger partial charge in [0.1, 0.15) is 5.60 Å². The summed E-state index contributed by atoms with van der Waals surface area (Å²) in [4.78, 5) is 11.5. The Morgan fingerprint density at radius 3 is 1.90 bits per heavy atom. The molecule has 0 amide bonds.